The molecule has 0 saturated carbocycles. The number of amides is 2. The first-order chi connectivity index (χ1) is 16.7. The molecule has 0 radical (unpaired) electrons. The van der Waals surface area contributed by atoms with Gasteiger partial charge < -0.3 is 26.8 Å². The standard InChI is InChI=1S/C24H29F2N7O2/c1-13(2)18-4-3-14(7-19(18)26)23(15-5-6-28-21(27)8-15)30-24(35)20-9-16(25)12-33(20)22(34)10-17-11-29-32-31-17/h3-8,11,13,16,20,23,29,31-32H,9-10,12H2,1-2H3,(H2,27,28)(H,30,35)/t16-,20+,23?/m1/s1. The fourth-order valence-corrected chi connectivity index (χ4v) is 4.38. The molecule has 3 heterocycles. The average molecular weight is 486 g/mol. The summed E-state index contributed by atoms with van der Waals surface area (Å²) < 4.78 is 29.2. The summed E-state index contributed by atoms with van der Waals surface area (Å²) in [7, 11) is 0. The van der Waals surface area contributed by atoms with E-state index < -0.39 is 24.2 Å². The van der Waals surface area contributed by atoms with Crippen molar-refractivity contribution in [3.63, 3.8) is 0 Å². The minimum absolute atomic E-state index is 0.0110. The lowest BCUT2D eigenvalue weighted by Crippen LogP contribution is -2.47. The minimum Gasteiger partial charge on any atom is -0.384 e. The molecule has 2 aliphatic rings. The predicted molar refractivity (Wildman–Crippen MR) is 126 cm³/mol. The zero-order valence-electron chi connectivity index (χ0n) is 19.5. The van der Waals surface area contributed by atoms with E-state index in [1.165, 1.54) is 17.2 Å². The number of anilines is 1. The van der Waals surface area contributed by atoms with Crippen molar-refractivity contribution in [1.29, 1.82) is 0 Å². The number of halogens is 2. The molecule has 9 nitrogen and oxygen atoms in total. The number of nitrogens with two attached hydrogens (primary N) is 1. The van der Waals surface area contributed by atoms with Gasteiger partial charge in [-0.15, -0.1) is 0 Å². The number of hydrogen-bond donors (Lipinski definition) is 5. The van der Waals surface area contributed by atoms with Gasteiger partial charge in [-0.3, -0.25) is 9.59 Å². The monoisotopic (exact) mass is 485 g/mol. The first-order valence-electron chi connectivity index (χ1n) is 11.4. The van der Waals surface area contributed by atoms with Crippen LogP contribution in [0.25, 0.3) is 0 Å². The highest BCUT2D eigenvalue weighted by molar-refractivity contribution is 5.89. The number of rotatable bonds is 7. The zero-order chi connectivity index (χ0) is 25.1. The molecule has 1 aromatic carbocycles. The van der Waals surface area contributed by atoms with E-state index >= 15 is 0 Å². The van der Waals surface area contributed by atoms with Crippen LogP contribution in [0.2, 0.25) is 0 Å². The van der Waals surface area contributed by atoms with Crippen LogP contribution in [-0.4, -0.2) is 40.5 Å². The van der Waals surface area contributed by atoms with Gasteiger partial charge >= 0.3 is 0 Å². The van der Waals surface area contributed by atoms with Crippen LogP contribution < -0.4 is 27.4 Å². The van der Waals surface area contributed by atoms with E-state index in [2.05, 4.69) is 26.7 Å². The highest BCUT2D eigenvalue weighted by Crippen LogP contribution is 2.29. The lowest BCUT2D eigenvalue weighted by Gasteiger charge is -2.27. The Morgan fingerprint density at radius 1 is 1.26 bits per heavy atom. The van der Waals surface area contributed by atoms with Crippen LogP contribution in [-0.2, 0) is 9.59 Å². The van der Waals surface area contributed by atoms with E-state index in [9.17, 15) is 18.4 Å². The van der Waals surface area contributed by atoms with Crippen LogP contribution >= 0.6 is 0 Å². The van der Waals surface area contributed by atoms with Gasteiger partial charge in [-0.2, -0.15) is 5.53 Å². The SMILES string of the molecule is CC(C)c1ccc(C(NC(=O)[C@@H]2C[C@@H](F)CN2C(=O)CC2=CNNN2)c2ccnc(N)c2)cc1F. The lowest BCUT2D eigenvalue weighted by molar-refractivity contribution is -0.138. The van der Waals surface area contributed by atoms with Crippen molar-refractivity contribution in [2.45, 2.75) is 50.9 Å². The number of nitrogen functional groups attached to an aromatic ring is 1. The molecule has 0 aliphatic carbocycles. The number of aromatic nitrogens is 1. The molecule has 1 fully saturated rings. The van der Waals surface area contributed by atoms with Crippen LogP contribution in [0.5, 0.6) is 0 Å². The maximum atomic E-state index is 14.8. The average Bonchev–Trinajstić information content (AvgIpc) is 3.46. The fraction of sp³-hybridized carbons (Fsp3) is 0.375. The highest BCUT2D eigenvalue weighted by Gasteiger charge is 2.40. The van der Waals surface area contributed by atoms with E-state index in [1.807, 2.05) is 13.8 Å². The van der Waals surface area contributed by atoms with Gasteiger partial charge in [0.15, 0.2) is 0 Å². The van der Waals surface area contributed by atoms with Gasteiger partial charge in [0.1, 0.15) is 23.8 Å². The maximum Gasteiger partial charge on any atom is 0.243 e. The topological polar surface area (TPSA) is 124 Å². The Kier molecular flexibility index (Phi) is 7.15. The Morgan fingerprint density at radius 3 is 2.69 bits per heavy atom. The van der Waals surface area contributed by atoms with Crippen LogP contribution in [0.3, 0.4) is 0 Å². The van der Waals surface area contributed by atoms with E-state index in [0.29, 0.717) is 22.4 Å². The number of alkyl halides is 1. The number of likely N-dealkylation sites (tertiary alicyclic amines) is 1. The summed E-state index contributed by atoms with van der Waals surface area (Å²) >= 11 is 0. The second-order valence-electron chi connectivity index (χ2n) is 9.03. The summed E-state index contributed by atoms with van der Waals surface area (Å²) in [6.45, 7) is 3.61. The summed E-state index contributed by atoms with van der Waals surface area (Å²) in [6.07, 6.45) is 1.61. The Morgan fingerprint density at radius 2 is 2.03 bits per heavy atom. The number of hydrogen-bond acceptors (Lipinski definition) is 7. The molecule has 6 N–H and O–H groups in total. The van der Waals surface area contributed by atoms with Crippen molar-refractivity contribution in [3.05, 3.63) is 70.9 Å². The second-order valence-corrected chi connectivity index (χ2v) is 9.03. The van der Waals surface area contributed by atoms with Gasteiger partial charge in [0.05, 0.1) is 24.7 Å². The van der Waals surface area contributed by atoms with Crippen molar-refractivity contribution >= 4 is 17.6 Å². The number of pyridine rings is 1. The van der Waals surface area contributed by atoms with Gasteiger partial charge in [0.25, 0.3) is 0 Å². The molecule has 2 amide bonds. The number of nitrogens with one attached hydrogen (secondary N) is 4. The van der Waals surface area contributed by atoms with E-state index in [-0.39, 0.29) is 42.8 Å². The van der Waals surface area contributed by atoms with E-state index in [0.717, 1.165) is 0 Å². The van der Waals surface area contributed by atoms with Crippen molar-refractivity contribution in [2.24, 2.45) is 0 Å². The molecule has 11 heteroatoms. The molecular weight excluding hydrogens is 456 g/mol. The van der Waals surface area contributed by atoms with E-state index in [4.69, 9.17) is 5.73 Å². The summed E-state index contributed by atoms with van der Waals surface area (Å²) in [5.74, 6) is -1.08. The highest BCUT2D eigenvalue weighted by atomic mass is 19.1. The van der Waals surface area contributed by atoms with Crippen molar-refractivity contribution < 1.29 is 18.4 Å². The number of benzene rings is 1. The maximum absolute atomic E-state index is 14.8. The fourth-order valence-electron chi connectivity index (χ4n) is 4.38. The molecule has 1 unspecified atom stereocenters. The Balaban J connectivity index is 1.60. The normalized spacial score (nSPS) is 20.3. The molecule has 0 bridgehead atoms. The quantitative estimate of drug-likeness (QED) is 0.406. The molecule has 1 saturated heterocycles. The smallest absolute Gasteiger partial charge is 0.243 e. The van der Waals surface area contributed by atoms with Gasteiger partial charge in [-0.05, 0) is 40.8 Å². The summed E-state index contributed by atoms with van der Waals surface area (Å²) in [5.41, 5.74) is 16.2. The first-order valence-corrected chi connectivity index (χ1v) is 11.4. The molecule has 3 atom stereocenters. The molecular formula is C24H29F2N7O2. The third kappa shape index (κ3) is 5.51. The van der Waals surface area contributed by atoms with Crippen LogP contribution in [0, 0.1) is 5.82 Å². The van der Waals surface area contributed by atoms with Crippen molar-refractivity contribution in [2.75, 3.05) is 12.3 Å². The van der Waals surface area contributed by atoms with Crippen molar-refractivity contribution in [1.82, 2.24) is 31.6 Å². The minimum atomic E-state index is -1.32. The van der Waals surface area contributed by atoms with Crippen LogP contribution in [0.4, 0.5) is 14.6 Å². The first kappa shape index (κ1) is 24.4. The van der Waals surface area contributed by atoms with E-state index in [1.54, 1.807) is 30.5 Å². The van der Waals surface area contributed by atoms with Gasteiger partial charge in [-0.25, -0.2) is 13.8 Å². The summed E-state index contributed by atoms with van der Waals surface area (Å²) in [5, 5.41) is 2.89. The Bertz CT molecular complexity index is 1140. The van der Waals surface area contributed by atoms with Crippen molar-refractivity contribution in [3.8, 4) is 0 Å². The number of nitrogens with zero attached hydrogens (tertiary/aromatic N) is 2. The molecule has 1 aromatic heterocycles. The Hall–Kier alpha value is -3.73. The molecule has 2 aromatic rings. The molecule has 35 heavy (non-hydrogen) atoms. The molecule has 2 aliphatic heterocycles. The molecule has 0 spiro atoms. The number of carbonyl (C=O) groups is 2. The Labute approximate surface area is 202 Å². The van der Waals surface area contributed by atoms with Gasteiger partial charge in [0.2, 0.25) is 11.8 Å². The second kappa shape index (κ2) is 10.3. The third-order valence-corrected chi connectivity index (χ3v) is 6.16. The van der Waals surface area contributed by atoms with Gasteiger partial charge in [-0.1, -0.05) is 26.0 Å². The molecule has 186 valence electrons. The third-order valence-electron chi connectivity index (χ3n) is 6.16. The summed E-state index contributed by atoms with van der Waals surface area (Å²) in [4.78, 5) is 31.5. The van der Waals surface area contributed by atoms with Crippen LogP contribution in [0.1, 0.15) is 55.3 Å². The van der Waals surface area contributed by atoms with Gasteiger partial charge in [0, 0.05) is 18.8 Å². The van der Waals surface area contributed by atoms with Crippen LogP contribution in [0.15, 0.2) is 48.4 Å². The zero-order valence-corrected chi connectivity index (χ0v) is 19.5. The number of carbonyl (C=O) groups excluding carboxylic acids is 2. The molecule has 4 rings (SSSR count). The predicted octanol–water partition coefficient (Wildman–Crippen LogP) is 1.91. The lowest BCUT2D eigenvalue weighted by atomic mass is 9.94. The number of hydrazine groups is 2. The largest absolute Gasteiger partial charge is 0.384 e. The summed E-state index contributed by atoms with van der Waals surface area (Å²) in [6, 6.07) is 6.30.